The van der Waals surface area contributed by atoms with E-state index in [-0.39, 0.29) is 52.7 Å². The van der Waals surface area contributed by atoms with Crippen LogP contribution in [0.15, 0.2) is 51.4 Å². The third-order valence-electron chi connectivity index (χ3n) is 6.65. The molecule has 0 saturated carbocycles. The molecule has 2 heterocycles. The molecule has 0 spiro atoms. The summed E-state index contributed by atoms with van der Waals surface area (Å²) in [5.74, 6) is 0.491. The molecule has 1 aromatic heterocycles. The van der Waals surface area contributed by atoms with Crippen LogP contribution in [0.5, 0.6) is 23.0 Å². The number of esters is 1. The topological polar surface area (TPSA) is 150 Å². The third-order valence-corrected chi connectivity index (χ3v) is 7.63. The highest BCUT2D eigenvalue weighted by atomic mass is 32.1. The fourth-order valence-electron chi connectivity index (χ4n) is 4.79. The number of aromatic nitrogens is 1. The summed E-state index contributed by atoms with van der Waals surface area (Å²) in [5, 5.41) is 11.7. The van der Waals surface area contributed by atoms with Gasteiger partial charge >= 0.3 is 5.97 Å². The van der Waals surface area contributed by atoms with Crippen molar-refractivity contribution in [3.05, 3.63) is 82.5 Å². The van der Waals surface area contributed by atoms with Crippen molar-refractivity contribution in [2.75, 3.05) is 47.8 Å². The Morgan fingerprint density at radius 3 is 2.41 bits per heavy atom. The normalized spacial score (nSPS) is 14.5. The zero-order valence-electron chi connectivity index (χ0n) is 25.2. The molecular weight excluding hydrogens is 594 g/mol. The number of carbonyl (C=O) groups is 1. The van der Waals surface area contributed by atoms with E-state index in [1.807, 2.05) is 6.92 Å². The number of ether oxygens (including phenoxy) is 6. The quantitative estimate of drug-likeness (QED) is 0.120. The van der Waals surface area contributed by atoms with E-state index in [2.05, 4.69) is 4.99 Å². The summed E-state index contributed by atoms with van der Waals surface area (Å²) in [7, 11) is 4.36. The van der Waals surface area contributed by atoms with Crippen molar-refractivity contribution in [3.63, 3.8) is 0 Å². The SMILES string of the molecule is CCOc1c(/C=c2/sc3n(c2=O)[C@@H](c2cccc(OC)c2OCC)C(C(=O)OCCOC)=C(C)N=3)cc([N+](=O)[O-])cc1OC. The maximum atomic E-state index is 14.2. The molecule has 0 bridgehead atoms. The van der Waals surface area contributed by atoms with Crippen molar-refractivity contribution in [2.24, 2.45) is 4.99 Å². The lowest BCUT2D eigenvalue weighted by Gasteiger charge is -2.27. The number of carbonyl (C=O) groups excluding carboxylic acids is 1. The summed E-state index contributed by atoms with van der Waals surface area (Å²) in [6.07, 6.45) is 1.49. The molecule has 0 saturated heterocycles. The lowest BCUT2D eigenvalue weighted by Crippen LogP contribution is -2.40. The van der Waals surface area contributed by atoms with E-state index >= 15 is 0 Å². The molecule has 44 heavy (non-hydrogen) atoms. The first-order valence-corrected chi connectivity index (χ1v) is 14.5. The van der Waals surface area contributed by atoms with Crippen molar-refractivity contribution in [3.8, 4) is 23.0 Å². The average molecular weight is 628 g/mol. The zero-order chi connectivity index (χ0) is 32.0. The third kappa shape index (κ3) is 6.31. The van der Waals surface area contributed by atoms with E-state index in [1.165, 1.54) is 44.1 Å². The second kappa shape index (κ2) is 14.2. The summed E-state index contributed by atoms with van der Waals surface area (Å²) in [4.78, 5) is 43.8. The molecule has 0 aliphatic carbocycles. The van der Waals surface area contributed by atoms with Crippen LogP contribution < -0.4 is 33.8 Å². The molecule has 0 fully saturated rings. The van der Waals surface area contributed by atoms with Crippen LogP contribution in [-0.2, 0) is 14.3 Å². The molecule has 0 amide bonds. The van der Waals surface area contributed by atoms with Crippen molar-refractivity contribution in [2.45, 2.75) is 26.8 Å². The van der Waals surface area contributed by atoms with Gasteiger partial charge in [0.1, 0.15) is 12.6 Å². The maximum Gasteiger partial charge on any atom is 0.338 e. The van der Waals surface area contributed by atoms with Gasteiger partial charge in [-0.2, -0.15) is 0 Å². The number of thiazole rings is 1. The van der Waals surface area contributed by atoms with Crippen LogP contribution >= 0.6 is 11.3 Å². The Morgan fingerprint density at radius 2 is 1.77 bits per heavy atom. The fraction of sp³-hybridized carbons (Fsp3) is 0.367. The summed E-state index contributed by atoms with van der Waals surface area (Å²) in [6, 6.07) is 6.77. The van der Waals surface area contributed by atoms with Gasteiger partial charge in [0.05, 0.1) is 60.8 Å². The number of allylic oxidation sites excluding steroid dienone is 1. The Hall–Kier alpha value is -4.69. The van der Waals surface area contributed by atoms with Crippen molar-refractivity contribution < 1.29 is 38.1 Å². The van der Waals surface area contributed by atoms with Gasteiger partial charge in [-0.3, -0.25) is 19.5 Å². The first kappa shape index (κ1) is 32.2. The van der Waals surface area contributed by atoms with E-state index in [0.717, 1.165) is 11.3 Å². The second-order valence-electron chi connectivity index (χ2n) is 9.28. The molecule has 14 heteroatoms. The molecule has 2 aromatic carbocycles. The highest BCUT2D eigenvalue weighted by molar-refractivity contribution is 7.07. The predicted octanol–water partition coefficient (Wildman–Crippen LogP) is 3.15. The molecule has 3 aromatic rings. The van der Waals surface area contributed by atoms with Gasteiger partial charge < -0.3 is 28.4 Å². The standard InChI is InChI=1S/C30H33N3O10S/c1-7-41-26-18(14-19(33(36)37)16-22(26)40-6)15-23-28(34)32-25(20-10-9-11-21(39-5)27(20)42-8-2)24(17(3)31-30(32)44-23)29(35)43-13-12-38-4/h9-11,14-16,25H,7-8,12-13H2,1-6H3/b23-15+/t25-/m0/s1. The van der Waals surface area contributed by atoms with Crippen LogP contribution in [0.4, 0.5) is 5.69 Å². The summed E-state index contributed by atoms with van der Waals surface area (Å²) in [5.41, 5.74) is 0.511. The molecule has 0 radical (unpaired) electrons. The highest BCUT2D eigenvalue weighted by Gasteiger charge is 2.36. The Kier molecular flexibility index (Phi) is 10.4. The van der Waals surface area contributed by atoms with Gasteiger partial charge in [-0.1, -0.05) is 23.5 Å². The number of para-hydroxylation sites is 1. The van der Waals surface area contributed by atoms with E-state index in [9.17, 15) is 19.7 Å². The molecule has 234 valence electrons. The summed E-state index contributed by atoms with van der Waals surface area (Å²) in [6.45, 7) is 5.95. The van der Waals surface area contributed by atoms with E-state index in [1.54, 1.807) is 32.0 Å². The van der Waals surface area contributed by atoms with Crippen molar-refractivity contribution in [1.29, 1.82) is 0 Å². The van der Waals surface area contributed by atoms with Gasteiger partial charge in [0.2, 0.25) is 0 Å². The Balaban J connectivity index is 2.03. The minimum atomic E-state index is -0.994. The van der Waals surface area contributed by atoms with Gasteiger partial charge in [-0.25, -0.2) is 9.79 Å². The van der Waals surface area contributed by atoms with E-state index < -0.39 is 22.5 Å². The molecule has 0 N–H and O–H groups in total. The number of benzene rings is 2. The second-order valence-corrected chi connectivity index (χ2v) is 10.3. The highest BCUT2D eigenvalue weighted by Crippen LogP contribution is 2.41. The Bertz CT molecular complexity index is 1780. The van der Waals surface area contributed by atoms with Crippen LogP contribution in [0, 0.1) is 10.1 Å². The van der Waals surface area contributed by atoms with Crippen molar-refractivity contribution in [1.82, 2.24) is 4.57 Å². The number of fused-ring (bicyclic) bond motifs is 1. The molecule has 0 unspecified atom stereocenters. The summed E-state index contributed by atoms with van der Waals surface area (Å²) < 4.78 is 34.8. The van der Waals surface area contributed by atoms with Gasteiger partial charge in [-0.15, -0.1) is 0 Å². The van der Waals surface area contributed by atoms with E-state index in [0.29, 0.717) is 34.2 Å². The minimum Gasteiger partial charge on any atom is -0.493 e. The minimum absolute atomic E-state index is 0.00545. The largest absolute Gasteiger partial charge is 0.493 e. The lowest BCUT2D eigenvalue weighted by atomic mass is 9.94. The van der Waals surface area contributed by atoms with Crippen LogP contribution in [0.25, 0.3) is 6.08 Å². The fourth-order valence-corrected chi connectivity index (χ4v) is 5.83. The molecule has 1 atom stereocenters. The Labute approximate surface area is 256 Å². The molecular formula is C30H33N3O10S. The number of hydrogen-bond acceptors (Lipinski definition) is 12. The zero-order valence-corrected chi connectivity index (χ0v) is 26.0. The Morgan fingerprint density at radius 1 is 1.07 bits per heavy atom. The number of rotatable bonds is 13. The maximum absolute atomic E-state index is 14.2. The number of nitro benzene ring substituents is 1. The lowest BCUT2D eigenvalue weighted by molar-refractivity contribution is -0.385. The van der Waals surface area contributed by atoms with Crippen LogP contribution in [0.1, 0.15) is 37.9 Å². The molecule has 13 nitrogen and oxygen atoms in total. The predicted molar refractivity (Wildman–Crippen MR) is 162 cm³/mol. The smallest absolute Gasteiger partial charge is 0.338 e. The van der Waals surface area contributed by atoms with Crippen molar-refractivity contribution >= 4 is 29.1 Å². The number of hydrogen-bond donors (Lipinski definition) is 0. The molecule has 1 aliphatic rings. The first-order chi connectivity index (χ1) is 21.2. The van der Waals surface area contributed by atoms with E-state index in [4.69, 9.17) is 28.4 Å². The molecule has 4 rings (SSSR count). The molecule has 1 aliphatic heterocycles. The number of methoxy groups -OCH3 is 3. The summed E-state index contributed by atoms with van der Waals surface area (Å²) >= 11 is 1.06. The van der Waals surface area contributed by atoms with Gasteiger partial charge in [0.25, 0.3) is 11.2 Å². The van der Waals surface area contributed by atoms with Gasteiger partial charge in [-0.05, 0) is 32.9 Å². The van der Waals surface area contributed by atoms with Gasteiger partial charge in [0, 0.05) is 24.3 Å². The number of nitro groups is 1. The monoisotopic (exact) mass is 627 g/mol. The number of nitrogens with zero attached hydrogens (tertiary/aromatic N) is 3. The first-order valence-electron chi connectivity index (χ1n) is 13.7. The number of non-ortho nitro benzene ring substituents is 1. The van der Waals surface area contributed by atoms with Crippen LogP contribution in [-0.4, -0.2) is 63.2 Å². The van der Waals surface area contributed by atoms with Gasteiger partial charge in [0.15, 0.2) is 27.8 Å². The average Bonchev–Trinajstić information content (AvgIpc) is 3.31. The van der Waals surface area contributed by atoms with Crippen LogP contribution in [0.3, 0.4) is 0 Å². The van der Waals surface area contributed by atoms with Crippen LogP contribution in [0.2, 0.25) is 0 Å².